The van der Waals surface area contributed by atoms with E-state index in [1.165, 1.54) is 6.33 Å². The lowest BCUT2D eigenvalue weighted by Gasteiger charge is -1.91. The molecule has 0 aromatic carbocycles. The highest BCUT2D eigenvalue weighted by atomic mass is 15.0. The van der Waals surface area contributed by atoms with E-state index in [9.17, 15) is 0 Å². The molecule has 6 heteroatoms. The fourth-order valence-electron chi connectivity index (χ4n) is 0.654. The Kier molecular flexibility index (Phi) is 1.86. The number of hydrogen-bond acceptors (Lipinski definition) is 3. The standard InChI is InChI=1S/C5H8N6/c6-1-9-5-3(4(7)8)10-2-11-5/h1-2H,(H2,6,9)(H3,7,8)(H,10,11). The first-order chi connectivity index (χ1) is 5.25. The maximum absolute atomic E-state index is 7.06. The zero-order chi connectivity index (χ0) is 8.27. The van der Waals surface area contributed by atoms with Gasteiger partial charge in [0.25, 0.3) is 0 Å². The molecule has 6 N–H and O–H groups in total. The predicted molar refractivity (Wildman–Crippen MR) is 41.9 cm³/mol. The molecule has 0 spiro atoms. The Morgan fingerprint density at radius 1 is 1.82 bits per heavy atom. The molecule has 0 fully saturated rings. The van der Waals surface area contributed by atoms with E-state index in [1.54, 1.807) is 0 Å². The Morgan fingerprint density at radius 3 is 3.09 bits per heavy atom. The summed E-state index contributed by atoms with van der Waals surface area (Å²) in [4.78, 5) is 10.1. The van der Waals surface area contributed by atoms with Crippen LogP contribution in [0.25, 0.3) is 0 Å². The second-order valence-corrected chi connectivity index (χ2v) is 1.79. The lowest BCUT2D eigenvalue weighted by atomic mass is 10.4. The zero-order valence-corrected chi connectivity index (χ0v) is 5.70. The number of nitrogen functional groups attached to an aromatic ring is 1. The van der Waals surface area contributed by atoms with Gasteiger partial charge in [-0.3, -0.25) is 5.41 Å². The van der Waals surface area contributed by atoms with Gasteiger partial charge in [-0.15, -0.1) is 0 Å². The largest absolute Gasteiger partial charge is 0.390 e. The van der Waals surface area contributed by atoms with Gasteiger partial charge in [0, 0.05) is 0 Å². The Labute approximate surface area is 62.9 Å². The van der Waals surface area contributed by atoms with E-state index in [0.717, 1.165) is 6.34 Å². The van der Waals surface area contributed by atoms with Crippen molar-refractivity contribution in [2.75, 3.05) is 0 Å². The van der Waals surface area contributed by atoms with Crippen molar-refractivity contribution in [2.24, 2.45) is 16.5 Å². The Bertz CT molecular complexity index is 285. The molecule has 1 aromatic heterocycles. The van der Waals surface area contributed by atoms with Crippen LogP contribution in [0.5, 0.6) is 0 Å². The van der Waals surface area contributed by atoms with E-state index in [1.807, 2.05) is 0 Å². The number of hydrogen-bond donors (Lipinski definition) is 4. The van der Waals surface area contributed by atoms with E-state index >= 15 is 0 Å². The third-order valence-corrected chi connectivity index (χ3v) is 1.09. The summed E-state index contributed by atoms with van der Waals surface area (Å²) in [5, 5.41) is 7.06. The molecule has 0 saturated carbocycles. The summed E-state index contributed by atoms with van der Waals surface area (Å²) < 4.78 is 0. The highest BCUT2D eigenvalue weighted by Gasteiger charge is 2.04. The molecule has 1 rings (SSSR count). The number of H-pyrrole nitrogens is 1. The molecular formula is C5H8N6. The summed E-state index contributed by atoms with van der Waals surface area (Å²) >= 11 is 0. The lowest BCUT2D eigenvalue weighted by molar-refractivity contribution is 1.29. The number of nitrogens with zero attached hydrogens (tertiary/aromatic N) is 2. The predicted octanol–water partition coefficient (Wildman–Crippen LogP) is -0.688. The van der Waals surface area contributed by atoms with Gasteiger partial charge in [0.1, 0.15) is 11.5 Å². The van der Waals surface area contributed by atoms with Crippen LogP contribution >= 0.6 is 0 Å². The van der Waals surface area contributed by atoms with Crippen LogP contribution in [-0.4, -0.2) is 22.1 Å². The molecule has 0 aliphatic heterocycles. The molecule has 0 unspecified atom stereocenters. The second-order valence-electron chi connectivity index (χ2n) is 1.79. The number of aromatic amines is 1. The number of amidine groups is 1. The number of nitrogens with one attached hydrogen (secondary N) is 2. The smallest absolute Gasteiger partial charge is 0.182 e. The van der Waals surface area contributed by atoms with E-state index in [0.29, 0.717) is 11.5 Å². The zero-order valence-electron chi connectivity index (χ0n) is 5.70. The molecular weight excluding hydrogens is 144 g/mol. The number of aromatic nitrogens is 2. The number of aliphatic imine (C=N–C) groups is 1. The Morgan fingerprint density at radius 2 is 2.55 bits per heavy atom. The third kappa shape index (κ3) is 1.34. The molecule has 0 bridgehead atoms. The molecule has 0 radical (unpaired) electrons. The molecule has 1 aromatic rings. The van der Waals surface area contributed by atoms with Crippen molar-refractivity contribution in [3.05, 3.63) is 12.0 Å². The fourth-order valence-corrected chi connectivity index (χ4v) is 0.654. The number of nitrogens with two attached hydrogens (primary N) is 2. The minimum atomic E-state index is -0.108. The summed E-state index contributed by atoms with van der Waals surface area (Å²) in [6.07, 6.45) is 2.50. The van der Waals surface area contributed by atoms with Gasteiger partial charge < -0.3 is 16.5 Å². The van der Waals surface area contributed by atoms with Crippen molar-refractivity contribution in [3.63, 3.8) is 0 Å². The highest BCUT2D eigenvalue weighted by molar-refractivity contribution is 5.97. The van der Waals surface area contributed by atoms with Gasteiger partial charge >= 0.3 is 0 Å². The molecule has 0 atom stereocenters. The van der Waals surface area contributed by atoms with Crippen LogP contribution in [0.4, 0.5) is 5.82 Å². The third-order valence-electron chi connectivity index (χ3n) is 1.09. The quantitative estimate of drug-likeness (QED) is 0.332. The average molecular weight is 152 g/mol. The monoisotopic (exact) mass is 152 g/mol. The van der Waals surface area contributed by atoms with Crippen molar-refractivity contribution in [1.82, 2.24) is 9.97 Å². The molecule has 0 saturated heterocycles. The van der Waals surface area contributed by atoms with E-state index in [2.05, 4.69) is 15.0 Å². The van der Waals surface area contributed by atoms with Gasteiger partial charge in [-0.25, -0.2) is 9.98 Å². The van der Waals surface area contributed by atoms with Crippen LogP contribution in [0, 0.1) is 5.41 Å². The van der Waals surface area contributed by atoms with E-state index in [-0.39, 0.29) is 5.84 Å². The Balaban J connectivity index is 3.05. The molecule has 58 valence electrons. The molecule has 0 aliphatic rings. The topological polar surface area (TPSA) is 117 Å². The van der Waals surface area contributed by atoms with Crippen LogP contribution in [0.2, 0.25) is 0 Å². The van der Waals surface area contributed by atoms with Crippen molar-refractivity contribution < 1.29 is 0 Å². The van der Waals surface area contributed by atoms with Gasteiger partial charge in [-0.2, -0.15) is 0 Å². The molecule has 0 amide bonds. The summed E-state index contributed by atoms with van der Waals surface area (Å²) in [7, 11) is 0. The first-order valence-corrected chi connectivity index (χ1v) is 2.87. The maximum Gasteiger partial charge on any atom is 0.182 e. The molecule has 0 aliphatic carbocycles. The summed E-state index contributed by atoms with van der Waals surface area (Å²) in [5.41, 5.74) is 10.6. The van der Waals surface area contributed by atoms with Crippen LogP contribution in [0.15, 0.2) is 11.3 Å². The van der Waals surface area contributed by atoms with Crippen LogP contribution in [0.3, 0.4) is 0 Å². The minimum Gasteiger partial charge on any atom is -0.390 e. The first-order valence-electron chi connectivity index (χ1n) is 2.87. The highest BCUT2D eigenvalue weighted by Crippen LogP contribution is 2.10. The normalized spacial score (nSPS) is 10.5. The van der Waals surface area contributed by atoms with Crippen molar-refractivity contribution in [1.29, 1.82) is 5.41 Å². The van der Waals surface area contributed by atoms with Crippen molar-refractivity contribution in [2.45, 2.75) is 0 Å². The number of imidazole rings is 1. The molecule has 6 nitrogen and oxygen atoms in total. The van der Waals surface area contributed by atoms with Gasteiger partial charge in [0.2, 0.25) is 0 Å². The second kappa shape index (κ2) is 2.82. The van der Waals surface area contributed by atoms with Crippen LogP contribution in [-0.2, 0) is 0 Å². The Hall–Kier alpha value is -1.85. The van der Waals surface area contributed by atoms with Crippen LogP contribution in [0.1, 0.15) is 5.69 Å². The minimum absolute atomic E-state index is 0.108. The average Bonchev–Trinajstić information content (AvgIpc) is 2.36. The van der Waals surface area contributed by atoms with Gasteiger partial charge in [0.15, 0.2) is 5.82 Å². The van der Waals surface area contributed by atoms with Crippen LogP contribution < -0.4 is 11.5 Å². The summed E-state index contributed by atoms with van der Waals surface area (Å²) in [5.74, 6) is 0.225. The fraction of sp³-hybridized carbons (Fsp3) is 0. The maximum atomic E-state index is 7.06. The summed E-state index contributed by atoms with van der Waals surface area (Å²) in [6.45, 7) is 0. The van der Waals surface area contributed by atoms with Gasteiger partial charge in [0.05, 0.1) is 12.7 Å². The van der Waals surface area contributed by atoms with Gasteiger partial charge in [-0.05, 0) is 0 Å². The van der Waals surface area contributed by atoms with E-state index in [4.69, 9.17) is 16.9 Å². The summed E-state index contributed by atoms with van der Waals surface area (Å²) in [6, 6.07) is 0. The molecule has 11 heavy (non-hydrogen) atoms. The number of rotatable bonds is 2. The first kappa shape index (κ1) is 7.26. The SMILES string of the molecule is N=C(N)c1[nH]cnc1/N=C/N. The van der Waals surface area contributed by atoms with Gasteiger partial charge in [-0.1, -0.05) is 0 Å². The van der Waals surface area contributed by atoms with E-state index < -0.39 is 0 Å². The lowest BCUT2D eigenvalue weighted by Crippen LogP contribution is -2.11. The van der Waals surface area contributed by atoms with Crippen molar-refractivity contribution >= 4 is 18.0 Å². The van der Waals surface area contributed by atoms with Crippen molar-refractivity contribution in [3.8, 4) is 0 Å². The molecule has 1 heterocycles.